The Morgan fingerprint density at radius 2 is 2.00 bits per heavy atom. The number of hydrogen-bond acceptors (Lipinski definition) is 3. The third kappa shape index (κ3) is 4.37. The van der Waals surface area contributed by atoms with Gasteiger partial charge >= 0.3 is 5.97 Å². The van der Waals surface area contributed by atoms with Crippen LogP contribution in [0.4, 0.5) is 0 Å². The molecule has 1 aromatic carbocycles. The number of rotatable bonds is 7. The second kappa shape index (κ2) is 6.40. The maximum atomic E-state index is 10.8. The lowest BCUT2D eigenvalue weighted by atomic mass is 9.90. The van der Waals surface area contributed by atoms with Crippen molar-refractivity contribution in [3.63, 3.8) is 0 Å². The van der Waals surface area contributed by atoms with Crippen molar-refractivity contribution in [2.24, 2.45) is 0 Å². The third-order valence-electron chi connectivity index (χ3n) is 3.27. The summed E-state index contributed by atoms with van der Waals surface area (Å²) in [5.41, 5.74) is 0.814. The molecular weight excluding hydrogens is 230 g/mol. The van der Waals surface area contributed by atoms with Crippen LogP contribution in [0.1, 0.15) is 25.3 Å². The molecule has 0 bridgehead atoms. The number of hydrogen-bond donors (Lipinski definition) is 2. The standard InChI is InChI=1S/C14H21NO3/c1-14(15-2,10-13(16)17)9-8-11-4-6-12(18-3)7-5-11/h4-7,15H,8-10H2,1-3H3,(H,16,17). The zero-order chi connectivity index (χ0) is 13.6. The summed E-state index contributed by atoms with van der Waals surface area (Å²) in [5.74, 6) is 0.0576. The van der Waals surface area contributed by atoms with Crippen molar-refractivity contribution in [1.82, 2.24) is 5.32 Å². The summed E-state index contributed by atoms with van der Waals surface area (Å²) in [4.78, 5) is 10.8. The monoisotopic (exact) mass is 251 g/mol. The molecule has 2 N–H and O–H groups in total. The van der Waals surface area contributed by atoms with Gasteiger partial charge in [-0.15, -0.1) is 0 Å². The molecule has 0 fully saturated rings. The number of carboxylic acid groups (broad SMARTS) is 1. The first-order valence-corrected chi connectivity index (χ1v) is 6.03. The highest BCUT2D eigenvalue weighted by atomic mass is 16.5. The lowest BCUT2D eigenvalue weighted by molar-refractivity contribution is -0.138. The fraction of sp³-hybridized carbons (Fsp3) is 0.500. The quantitative estimate of drug-likeness (QED) is 0.779. The number of aliphatic carboxylic acids is 1. The van der Waals surface area contributed by atoms with Crippen LogP contribution in [0.25, 0.3) is 0 Å². The van der Waals surface area contributed by atoms with E-state index in [0.29, 0.717) is 0 Å². The highest BCUT2D eigenvalue weighted by molar-refractivity contribution is 5.68. The molecule has 18 heavy (non-hydrogen) atoms. The van der Waals surface area contributed by atoms with Crippen molar-refractivity contribution in [3.8, 4) is 5.75 Å². The van der Waals surface area contributed by atoms with Crippen LogP contribution in [0.2, 0.25) is 0 Å². The largest absolute Gasteiger partial charge is 0.497 e. The van der Waals surface area contributed by atoms with E-state index in [9.17, 15) is 4.79 Å². The first-order valence-electron chi connectivity index (χ1n) is 6.03. The first-order chi connectivity index (χ1) is 8.49. The van der Waals surface area contributed by atoms with Crippen molar-refractivity contribution in [1.29, 1.82) is 0 Å². The molecule has 0 saturated heterocycles. The van der Waals surface area contributed by atoms with Crippen molar-refractivity contribution in [2.75, 3.05) is 14.2 Å². The summed E-state index contributed by atoms with van der Waals surface area (Å²) in [5, 5.41) is 12.0. The minimum absolute atomic E-state index is 0.125. The molecule has 0 amide bonds. The van der Waals surface area contributed by atoms with Gasteiger partial charge in [0.2, 0.25) is 0 Å². The molecule has 0 aliphatic carbocycles. The van der Waals surface area contributed by atoms with Gasteiger partial charge in [-0.25, -0.2) is 0 Å². The van der Waals surface area contributed by atoms with E-state index in [0.717, 1.165) is 18.6 Å². The van der Waals surface area contributed by atoms with Crippen molar-refractivity contribution < 1.29 is 14.6 Å². The summed E-state index contributed by atoms with van der Waals surface area (Å²) < 4.78 is 5.10. The fourth-order valence-corrected chi connectivity index (χ4v) is 1.85. The van der Waals surface area contributed by atoms with Crippen LogP contribution >= 0.6 is 0 Å². The van der Waals surface area contributed by atoms with E-state index in [2.05, 4.69) is 5.32 Å². The summed E-state index contributed by atoms with van der Waals surface area (Å²) in [6, 6.07) is 7.86. The Kier molecular flexibility index (Phi) is 5.16. The lowest BCUT2D eigenvalue weighted by Gasteiger charge is -2.27. The Hall–Kier alpha value is -1.55. The smallest absolute Gasteiger partial charge is 0.305 e. The third-order valence-corrected chi connectivity index (χ3v) is 3.27. The second-order valence-electron chi connectivity index (χ2n) is 4.73. The van der Waals surface area contributed by atoms with E-state index in [1.807, 2.05) is 31.2 Å². The zero-order valence-electron chi connectivity index (χ0n) is 11.2. The molecule has 4 nitrogen and oxygen atoms in total. The van der Waals surface area contributed by atoms with Crippen LogP contribution in [-0.4, -0.2) is 30.8 Å². The van der Waals surface area contributed by atoms with Gasteiger partial charge in [0.25, 0.3) is 0 Å². The van der Waals surface area contributed by atoms with Gasteiger partial charge in [0.05, 0.1) is 13.5 Å². The Morgan fingerprint density at radius 1 is 1.39 bits per heavy atom. The van der Waals surface area contributed by atoms with Gasteiger partial charge in [-0.05, 0) is 44.5 Å². The molecule has 4 heteroatoms. The van der Waals surface area contributed by atoms with E-state index >= 15 is 0 Å². The number of carboxylic acids is 1. The van der Waals surface area contributed by atoms with Gasteiger partial charge in [0, 0.05) is 5.54 Å². The molecule has 0 radical (unpaired) electrons. The Labute approximate surface area is 108 Å². The molecular formula is C14H21NO3. The Morgan fingerprint density at radius 3 is 2.44 bits per heavy atom. The van der Waals surface area contributed by atoms with Gasteiger partial charge in [0.15, 0.2) is 0 Å². The van der Waals surface area contributed by atoms with E-state index in [1.165, 1.54) is 5.56 Å². The molecule has 1 atom stereocenters. The number of carbonyl (C=O) groups is 1. The van der Waals surface area contributed by atoms with Gasteiger partial charge in [-0.1, -0.05) is 12.1 Å². The molecule has 1 aromatic rings. The molecule has 1 rings (SSSR count). The van der Waals surface area contributed by atoms with E-state index in [1.54, 1.807) is 14.2 Å². The summed E-state index contributed by atoms with van der Waals surface area (Å²) in [7, 11) is 3.44. The van der Waals surface area contributed by atoms with Gasteiger partial charge in [-0.3, -0.25) is 4.79 Å². The maximum Gasteiger partial charge on any atom is 0.305 e. The molecule has 0 heterocycles. The minimum atomic E-state index is -0.776. The highest BCUT2D eigenvalue weighted by Crippen LogP contribution is 2.19. The summed E-state index contributed by atoms with van der Waals surface area (Å²) in [6.07, 6.45) is 1.75. The van der Waals surface area contributed by atoms with Crippen LogP contribution in [0.15, 0.2) is 24.3 Å². The summed E-state index contributed by atoms with van der Waals surface area (Å²) >= 11 is 0. The highest BCUT2D eigenvalue weighted by Gasteiger charge is 2.24. The first kappa shape index (κ1) is 14.5. The zero-order valence-corrected chi connectivity index (χ0v) is 11.2. The number of benzene rings is 1. The average molecular weight is 251 g/mol. The van der Waals surface area contributed by atoms with Crippen molar-refractivity contribution in [2.45, 2.75) is 31.7 Å². The lowest BCUT2D eigenvalue weighted by Crippen LogP contribution is -2.42. The summed E-state index contributed by atoms with van der Waals surface area (Å²) in [6.45, 7) is 1.94. The maximum absolute atomic E-state index is 10.8. The van der Waals surface area contributed by atoms with Crippen molar-refractivity contribution in [3.05, 3.63) is 29.8 Å². The van der Waals surface area contributed by atoms with Crippen LogP contribution in [0, 0.1) is 0 Å². The van der Waals surface area contributed by atoms with Crippen LogP contribution in [0.3, 0.4) is 0 Å². The number of ether oxygens (including phenoxy) is 1. The molecule has 0 spiro atoms. The minimum Gasteiger partial charge on any atom is -0.497 e. The number of nitrogens with one attached hydrogen (secondary N) is 1. The van der Waals surface area contributed by atoms with Crippen molar-refractivity contribution >= 4 is 5.97 Å². The molecule has 0 aliphatic heterocycles. The second-order valence-corrected chi connectivity index (χ2v) is 4.73. The SMILES string of the molecule is CNC(C)(CCc1ccc(OC)cc1)CC(=O)O. The molecule has 100 valence electrons. The average Bonchev–Trinajstić information content (AvgIpc) is 2.36. The molecule has 0 aliphatic rings. The number of methoxy groups -OCH3 is 1. The Bertz CT molecular complexity index is 389. The predicted molar refractivity (Wildman–Crippen MR) is 71.0 cm³/mol. The van der Waals surface area contributed by atoms with E-state index < -0.39 is 5.97 Å². The number of aryl methyl sites for hydroxylation is 1. The molecule has 0 aromatic heterocycles. The van der Waals surface area contributed by atoms with Gasteiger partial charge in [-0.2, -0.15) is 0 Å². The van der Waals surface area contributed by atoms with Gasteiger partial charge < -0.3 is 15.2 Å². The van der Waals surface area contributed by atoms with Crippen LogP contribution in [0.5, 0.6) is 5.75 Å². The topological polar surface area (TPSA) is 58.6 Å². The fourth-order valence-electron chi connectivity index (χ4n) is 1.85. The normalized spacial score (nSPS) is 13.9. The molecule has 0 saturated carbocycles. The molecule has 1 unspecified atom stereocenters. The van der Waals surface area contributed by atoms with E-state index in [4.69, 9.17) is 9.84 Å². The predicted octanol–water partition coefficient (Wildman–Crippen LogP) is 2.08. The van der Waals surface area contributed by atoms with Gasteiger partial charge in [0.1, 0.15) is 5.75 Å². The Balaban J connectivity index is 2.58. The van der Waals surface area contributed by atoms with E-state index in [-0.39, 0.29) is 12.0 Å². The van der Waals surface area contributed by atoms with Crippen LogP contribution in [-0.2, 0) is 11.2 Å². The van der Waals surface area contributed by atoms with Crippen LogP contribution < -0.4 is 10.1 Å².